The molecule has 234 valence electrons. The van der Waals surface area contributed by atoms with Gasteiger partial charge in [0, 0.05) is 25.3 Å². The fourth-order valence-corrected chi connectivity index (χ4v) is 4.14. The molecule has 8 heteroatoms. The lowest BCUT2D eigenvalue weighted by Crippen LogP contribution is -2.52. The van der Waals surface area contributed by atoms with Crippen molar-refractivity contribution < 1.29 is 19.2 Å². The van der Waals surface area contributed by atoms with E-state index < -0.39 is 6.04 Å². The van der Waals surface area contributed by atoms with Crippen molar-refractivity contribution in [2.45, 2.75) is 99.6 Å². The molecule has 2 atom stereocenters. The second-order valence-corrected chi connectivity index (χ2v) is 11.8. The Bertz CT molecular complexity index is 1060. The van der Waals surface area contributed by atoms with Gasteiger partial charge in [-0.2, -0.15) is 0 Å². The summed E-state index contributed by atoms with van der Waals surface area (Å²) >= 11 is 0. The Morgan fingerprint density at radius 1 is 0.833 bits per heavy atom. The van der Waals surface area contributed by atoms with Gasteiger partial charge in [0.1, 0.15) is 6.04 Å². The number of nitrogens with one attached hydrogen (secondary N) is 3. The Morgan fingerprint density at radius 3 is 1.79 bits per heavy atom. The van der Waals surface area contributed by atoms with Crippen molar-refractivity contribution in [1.29, 1.82) is 0 Å². The van der Waals surface area contributed by atoms with Crippen molar-refractivity contribution in [1.82, 2.24) is 16.0 Å². The van der Waals surface area contributed by atoms with E-state index >= 15 is 0 Å². The van der Waals surface area contributed by atoms with E-state index in [0.717, 1.165) is 18.4 Å². The first-order chi connectivity index (χ1) is 19.7. The molecule has 5 N–H and O–H groups in total. The number of carbonyl (C=O) groups excluding carboxylic acids is 4. The molecular weight excluding hydrogens is 528 g/mol. The number of hydrogen-bond acceptors (Lipinski definition) is 4. The van der Waals surface area contributed by atoms with Gasteiger partial charge in [-0.15, -0.1) is 0 Å². The first-order valence-electron chi connectivity index (χ1n) is 14.9. The molecule has 42 heavy (non-hydrogen) atoms. The summed E-state index contributed by atoms with van der Waals surface area (Å²) in [6.07, 6.45) is 2.94. The number of benzene rings is 2. The molecule has 0 radical (unpaired) electrons. The smallest absolute Gasteiger partial charge is 0.243 e. The van der Waals surface area contributed by atoms with Crippen LogP contribution in [0.2, 0.25) is 0 Å². The number of rotatable bonds is 13. The first-order valence-corrected chi connectivity index (χ1v) is 14.9. The normalized spacial score (nSPS) is 11.9. The summed E-state index contributed by atoms with van der Waals surface area (Å²) in [5, 5.41) is 8.40. The number of carbonyl (C=O) groups is 4. The molecular formula is C34H54N4O4. The molecule has 8 nitrogen and oxygen atoms in total. The third-order valence-electron chi connectivity index (χ3n) is 6.27. The predicted octanol–water partition coefficient (Wildman–Crippen LogP) is 5.08. The Labute approximate surface area is 253 Å². The molecule has 0 aliphatic rings. The van der Waals surface area contributed by atoms with Crippen LogP contribution >= 0.6 is 0 Å². The van der Waals surface area contributed by atoms with Crippen LogP contribution < -0.4 is 21.7 Å². The Balaban J connectivity index is 0.00000115. The topological polar surface area (TPSA) is 130 Å². The molecule has 0 bridgehead atoms. The van der Waals surface area contributed by atoms with Gasteiger partial charge < -0.3 is 21.7 Å². The number of nitrogens with two attached hydrogens (primary N) is 1. The van der Waals surface area contributed by atoms with Gasteiger partial charge in [0.25, 0.3) is 0 Å². The van der Waals surface area contributed by atoms with Crippen LogP contribution in [0.25, 0.3) is 0 Å². The molecule has 0 saturated heterocycles. The molecule has 0 heterocycles. The quantitative estimate of drug-likeness (QED) is 0.262. The molecule has 0 fully saturated rings. The zero-order valence-electron chi connectivity index (χ0n) is 27.0. The Hall–Kier alpha value is -3.68. The van der Waals surface area contributed by atoms with Gasteiger partial charge >= 0.3 is 0 Å². The second kappa shape index (κ2) is 21.1. The zero-order chi connectivity index (χ0) is 32.1. The first kappa shape index (κ1) is 38.3. The molecule has 2 aromatic rings. The standard InChI is InChI=1S/C24H39N3O3.C7H8.C3H7NO/c1-7-18(4)26-23(30)20(13-19-11-9-8-10-12-19)27-22(29)16-25-21(28)15-24(5,6)14-17(2)3;1-7-5-3-2-4-6-7;1-2-3(4)5/h8-12,17-18,20H,7,13-16H2,1-6H3,(H,25,28)(H,26,30)(H,27,29);2-6H,1H3;2H2,1H3,(H2,4,5). The van der Waals surface area contributed by atoms with Gasteiger partial charge in [-0.25, -0.2) is 0 Å². The lowest BCUT2D eigenvalue weighted by atomic mass is 9.81. The fourth-order valence-electron chi connectivity index (χ4n) is 4.14. The van der Waals surface area contributed by atoms with Gasteiger partial charge in [-0.3, -0.25) is 19.2 Å². The van der Waals surface area contributed by atoms with Crippen molar-refractivity contribution in [3.8, 4) is 0 Å². The van der Waals surface area contributed by atoms with Crippen LogP contribution in [0.1, 0.15) is 85.3 Å². The minimum absolute atomic E-state index is 0.0237. The van der Waals surface area contributed by atoms with Crippen LogP contribution in [0.5, 0.6) is 0 Å². The monoisotopic (exact) mass is 582 g/mol. The van der Waals surface area contributed by atoms with E-state index in [1.807, 2.05) is 62.4 Å². The second-order valence-electron chi connectivity index (χ2n) is 11.8. The molecule has 2 unspecified atom stereocenters. The maximum absolute atomic E-state index is 12.7. The van der Waals surface area contributed by atoms with Gasteiger partial charge in [0.05, 0.1) is 6.54 Å². The van der Waals surface area contributed by atoms with Crippen molar-refractivity contribution in [2.24, 2.45) is 17.1 Å². The molecule has 0 aromatic heterocycles. The number of hydrogen-bond donors (Lipinski definition) is 4. The summed E-state index contributed by atoms with van der Waals surface area (Å²) in [6.45, 7) is 16.0. The predicted molar refractivity (Wildman–Crippen MR) is 171 cm³/mol. The number of amides is 4. The Kier molecular flexibility index (Phi) is 19.2. The maximum atomic E-state index is 12.7. The van der Waals surface area contributed by atoms with Crippen LogP contribution in [0.4, 0.5) is 0 Å². The highest BCUT2D eigenvalue weighted by molar-refractivity contribution is 5.90. The van der Waals surface area contributed by atoms with Crippen LogP contribution in [-0.4, -0.2) is 42.3 Å². The highest BCUT2D eigenvalue weighted by atomic mass is 16.2. The van der Waals surface area contributed by atoms with E-state index in [0.29, 0.717) is 25.2 Å². The van der Waals surface area contributed by atoms with E-state index in [2.05, 4.69) is 68.4 Å². The van der Waals surface area contributed by atoms with Crippen molar-refractivity contribution in [3.05, 3.63) is 71.8 Å². The summed E-state index contributed by atoms with van der Waals surface area (Å²) < 4.78 is 0. The Morgan fingerprint density at radius 2 is 1.36 bits per heavy atom. The molecule has 4 amide bonds. The largest absolute Gasteiger partial charge is 0.370 e. The molecule has 0 spiro atoms. The minimum atomic E-state index is -0.691. The van der Waals surface area contributed by atoms with Gasteiger partial charge in [0.15, 0.2) is 0 Å². The summed E-state index contributed by atoms with van der Waals surface area (Å²) in [4.78, 5) is 47.0. The maximum Gasteiger partial charge on any atom is 0.243 e. The summed E-state index contributed by atoms with van der Waals surface area (Å²) in [7, 11) is 0. The SMILES string of the molecule is CCC(C)NC(=O)C(Cc1ccccc1)NC(=O)CNC(=O)CC(C)(C)CC(C)C.CCC(N)=O.Cc1ccccc1. The molecule has 0 aliphatic heterocycles. The lowest BCUT2D eigenvalue weighted by molar-refractivity contribution is -0.130. The zero-order valence-corrected chi connectivity index (χ0v) is 27.0. The van der Waals surface area contributed by atoms with E-state index in [-0.39, 0.29) is 41.6 Å². The number of aryl methyl sites for hydroxylation is 1. The van der Waals surface area contributed by atoms with Gasteiger partial charge in [0.2, 0.25) is 23.6 Å². The highest BCUT2D eigenvalue weighted by Gasteiger charge is 2.25. The fraction of sp³-hybridized carbons (Fsp3) is 0.529. The van der Waals surface area contributed by atoms with Crippen molar-refractivity contribution in [3.63, 3.8) is 0 Å². The van der Waals surface area contributed by atoms with Crippen LogP contribution in [0.3, 0.4) is 0 Å². The van der Waals surface area contributed by atoms with E-state index in [1.165, 1.54) is 5.56 Å². The van der Waals surface area contributed by atoms with Gasteiger partial charge in [-0.05, 0) is 43.6 Å². The van der Waals surface area contributed by atoms with Gasteiger partial charge in [-0.1, -0.05) is 108 Å². The molecule has 0 saturated carbocycles. The van der Waals surface area contributed by atoms with Crippen LogP contribution in [-0.2, 0) is 25.6 Å². The summed E-state index contributed by atoms with van der Waals surface area (Å²) in [6, 6.07) is 19.2. The third kappa shape index (κ3) is 20.2. The highest BCUT2D eigenvalue weighted by Crippen LogP contribution is 2.28. The van der Waals surface area contributed by atoms with Crippen LogP contribution in [0, 0.1) is 18.3 Å². The van der Waals surface area contributed by atoms with Crippen molar-refractivity contribution in [2.75, 3.05) is 6.54 Å². The third-order valence-corrected chi connectivity index (χ3v) is 6.27. The number of primary amides is 1. The van der Waals surface area contributed by atoms with E-state index in [4.69, 9.17) is 0 Å². The summed E-state index contributed by atoms with van der Waals surface area (Å²) in [5.74, 6) is -0.487. The van der Waals surface area contributed by atoms with Crippen molar-refractivity contribution >= 4 is 23.6 Å². The average molecular weight is 583 g/mol. The molecule has 2 aromatic carbocycles. The minimum Gasteiger partial charge on any atom is -0.370 e. The average Bonchev–Trinajstić information content (AvgIpc) is 2.92. The van der Waals surface area contributed by atoms with Crippen LogP contribution in [0.15, 0.2) is 60.7 Å². The molecule has 0 aliphatic carbocycles. The van der Waals surface area contributed by atoms with E-state index in [1.54, 1.807) is 6.92 Å². The van der Waals surface area contributed by atoms with E-state index in [9.17, 15) is 19.2 Å². The summed E-state index contributed by atoms with van der Waals surface area (Å²) in [5.41, 5.74) is 6.81. The molecule has 2 rings (SSSR count). The lowest BCUT2D eigenvalue weighted by Gasteiger charge is -2.26.